The minimum atomic E-state index is -0.421. The number of nitrogens with zero attached hydrogens (tertiary/aromatic N) is 1. The van der Waals surface area contributed by atoms with Crippen molar-refractivity contribution in [2.24, 2.45) is 10.7 Å². The molecule has 0 atom stereocenters. The molecular formula is C17H28N4O2. The van der Waals surface area contributed by atoms with Gasteiger partial charge in [0.05, 0.1) is 6.54 Å². The van der Waals surface area contributed by atoms with Gasteiger partial charge in [-0.3, -0.25) is 4.79 Å². The van der Waals surface area contributed by atoms with E-state index < -0.39 is 5.91 Å². The second kappa shape index (κ2) is 11.5. The Kier molecular flexibility index (Phi) is 9.47. The lowest BCUT2D eigenvalue weighted by atomic mass is 10.1. The minimum absolute atomic E-state index is 0.421. The number of guanidine groups is 1. The van der Waals surface area contributed by atoms with Crippen LogP contribution in [0.1, 0.15) is 42.6 Å². The fourth-order valence-corrected chi connectivity index (χ4v) is 2.02. The van der Waals surface area contributed by atoms with Gasteiger partial charge in [-0.25, -0.2) is 4.99 Å². The van der Waals surface area contributed by atoms with Gasteiger partial charge in [-0.2, -0.15) is 0 Å². The number of benzene rings is 1. The van der Waals surface area contributed by atoms with Gasteiger partial charge in [0.15, 0.2) is 5.96 Å². The van der Waals surface area contributed by atoms with Crippen LogP contribution in [0.5, 0.6) is 0 Å². The SMILES string of the molecule is CCNC(=NCc1cccc(C(N)=O)c1)NCCCCOCC. The van der Waals surface area contributed by atoms with Gasteiger partial charge in [0.2, 0.25) is 5.91 Å². The zero-order valence-electron chi connectivity index (χ0n) is 14.1. The Balaban J connectivity index is 2.47. The molecule has 0 heterocycles. The molecule has 6 nitrogen and oxygen atoms in total. The number of carbonyl (C=O) groups is 1. The van der Waals surface area contributed by atoms with Gasteiger partial charge in [0, 0.05) is 31.9 Å². The van der Waals surface area contributed by atoms with Crippen LogP contribution in [-0.4, -0.2) is 38.2 Å². The minimum Gasteiger partial charge on any atom is -0.382 e. The Bertz CT molecular complexity index is 503. The summed E-state index contributed by atoms with van der Waals surface area (Å²) in [5, 5.41) is 6.51. The number of ether oxygens (including phenoxy) is 1. The van der Waals surface area contributed by atoms with Gasteiger partial charge in [-0.15, -0.1) is 0 Å². The van der Waals surface area contributed by atoms with Crippen LogP contribution in [-0.2, 0) is 11.3 Å². The molecule has 0 saturated heterocycles. The van der Waals surface area contributed by atoms with Crippen LogP contribution in [0.2, 0.25) is 0 Å². The number of hydrogen-bond donors (Lipinski definition) is 3. The summed E-state index contributed by atoms with van der Waals surface area (Å²) in [5.74, 6) is 0.351. The fraction of sp³-hybridized carbons (Fsp3) is 0.529. The van der Waals surface area contributed by atoms with E-state index in [1.807, 2.05) is 26.0 Å². The largest absolute Gasteiger partial charge is 0.382 e. The van der Waals surface area contributed by atoms with Gasteiger partial charge in [0.1, 0.15) is 0 Å². The van der Waals surface area contributed by atoms with Crippen LogP contribution in [0.25, 0.3) is 0 Å². The summed E-state index contributed by atoms with van der Waals surface area (Å²) < 4.78 is 5.31. The number of amides is 1. The molecule has 1 aromatic carbocycles. The molecule has 128 valence electrons. The second-order valence-corrected chi connectivity index (χ2v) is 5.09. The van der Waals surface area contributed by atoms with Gasteiger partial charge in [-0.05, 0) is 44.4 Å². The van der Waals surface area contributed by atoms with E-state index in [2.05, 4.69) is 15.6 Å². The molecule has 0 saturated carbocycles. The molecule has 0 spiro atoms. The topological polar surface area (TPSA) is 88.7 Å². The maximum absolute atomic E-state index is 11.2. The number of rotatable bonds is 10. The first-order valence-electron chi connectivity index (χ1n) is 8.16. The van der Waals surface area contributed by atoms with E-state index in [-0.39, 0.29) is 0 Å². The van der Waals surface area contributed by atoms with Crippen molar-refractivity contribution >= 4 is 11.9 Å². The van der Waals surface area contributed by atoms with Crippen molar-refractivity contribution in [1.29, 1.82) is 0 Å². The summed E-state index contributed by atoms with van der Waals surface area (Å²) >= 11 is 0. The molecular weight excluding hydrogens is 292 g/mol. The van der Waals surface area contributed by atoms with Gasteiger partial charge >= 0.3 is 0 Å². The maximum atomic E-state index is 11.2. The molecule has 0 aliphatic heterocycles. The van der Waals surface area contributed by atoms with E-state index in [1.165, 1.54) is 0 Å². The van der Waals surface area contributed by atoms with E-state index >= 15 is 0 Å². The smallest absolute Gasteiger partial charge is 0.248 e. The summed E-state index contributed by atoms with van der Waals surface area (Å²) in [6.45, 7) is 7.73. The zero-order valence-corrected chi connectivity index (χ0v) is 14.1. The lowest BCUT2D eigenvalue weighted by molar-refractivity contribution is 0.1000. The molecule has 23 heavy (non-hydrogen) atoms. The maximum Gasteiger partial charge on any atom is 0.248 e. The second-order valence-electron chi connectivity index (χ2n) is 5.09. The van der Waals surface area contributed by atoms with Crippen LogP contribution < -0.4 is 16.4 Å². The standard InChI is InChI=1S/C17H28N4O2/c1-3-19-17(20-10-5-6-11-23-4-2)21-13-14-8-7-9-15(12-14)16(18)22/h7-9,12H,3-6,10-11,13H2,1-2H3,(H2,18,22)(H2,19,20,21). The molecule has 0 unspecified atom stereocenters. The number of nitrogens with two attached hydrogens (primary N) is 1. The average molecular weight is 320 g/mol. The van der Waals surface area contributed by atoms with Crippen molar-refractivity contribution in [1.82, 2.24) is 10.6 Å². The zero-order chi connectivity index (χ0) is 16.9. The number of hydrogen-bond acceptors (Lipinski definition) is 3. The van der Waals surface area contributed by atoms with Crippen molar-refractivity contribution in [3.05, 3.63) is 35.4 Å². The highest BCUT2D eigenvalue weighted by atomic mass is 16.5. The first-order valence-corrected chi connectivity index (χ1v) is 8.16. The van der Waals surface area contributed by atoms with E-state index in [9.17, 15) is 4.79 Å². The summed E-state index contributed by atoms with van der Waals surface area (Å²) in [4.78, 5) is 15.7. The molecule has 4 N–H and O–H groups in total. The number of nitrogens with one attached hydrogen (secondary N) is 2. The quantitative estimate of drug-likeness (QED) is 0.347. The molecule has 0 aromatic heterocycles. The predicted molar refractivity (Wildman–Crippen MR) is 93.5 cm³/mol. The van der Waals surface area contributed by atoms with E-state index in [0.717, 1.165) is 50.7 Å². The van der Waals surface area contributed by atoms with Gasteiger partial charge < -0.3 is 21.1 Å². The molecule has 6 heteroatoms. The number of unbranched alkanes of at least 4 members (excludes halogenated alkanes) is 1. The Morgan fingerprint density at radius 3 is 2.78 bits per heavy atom. The van der Waals surface area contributed by atoms with Gasteiger partial charge in [-0.1, -0.05) is 12.1 Å². The Morgan fingerprint density at radius 1 is 1.26 bits per heavy atom. The molecule has 1 rings (SSSR count). The van der Waals surface area contributed by atoms with Crippen molar-refractivity contribution < 1.29 is 9.53 Å². The molecule has 0 radical (unpaired) electrons. The first kappa shape index (κ1) is 19.0. The normalized spacial score (nSPS) is 11.3. The highest BCUT2D eigenvalue weighted by Crippen LogP contribution is 2.06. The summed E-state index contributed by atoms with van der Waals surface area (Å²) in [7, 11) is 0. The van der Waals surface area contributed by atoms with Crippen LogP contribution >= 0.6 is 0 Å². The van der Waals surface area contributed by atoms with Crippen LogP contribution in [0.4, 0.5) is 0 Å². The highest BCUT2D eigenvalue weighted by molar-refractivity contribution is 5.92. The number of carbonyl (C=O) groups excluding carboxylic acids is 1. The van der Waals surface area contributed by atoms with E-state index in [4.69, 9.17) is 10.5 Å². The van der Waals surface area contributed by atoms with Crippen LogP contribution in [0.15, 0.2) is 29.3 Å². The molecule has 1 aromatic rings. The monoisotopic (exact) mass is 320 g/mol. The Labute approximate surface area is 138 Å². The lowest BCUT2D eigenvalue weighted by Gasteiger charge is -2.11. The first-order chi connectivity index (χ1) is 11.2. The van der Waals surface area contributed by atoms with Crippen LogP contribution in [0.3, 0.4) is 0 Å². The summed E-state index contributed by atoms with van der Waals surface area (Å²) in [6, 6.07) is 7.23. The molecule has 0 aliphatic rings. The molecule has 0 aliphatic carbocycles. The molecule has 0 fully saturated rings. The van der Waals surface area contributed by atoms with Crippen molar-refractivity contribution in [2.75, 3.05) is 26.3 Å². The Hall–Kier alpha value is -2.08. The van der Waals surface area contributed by atoms with Crippen molar-refractivity contribution in [3.63, 3.8) is 0 Å². The lowest BCUT2D eigenvalue weighted by Crippen LogP contribution is -2.37. The third kappa shape index (κ3) is 8.21. The third-order valence-electron chi connectivity index (χ3n) is 3.19. The fourth-order valence-electron chi connectivity index (χ4n) is 2.02. The predicted octanol–water partition coefficient (Wildman–Crippen LogP) is 1.66. The number of primary amides is 1. The third-order valence-corrected chi connectivity index (χ3v) is 3.19. The summed E-state index contributed by atoms with van der Waals surface area (Å²) in [6.07, 6.45) is 2.06. The Morgan fingerprint density at radius 2 is 2.09 bits per heavy atom. The van der Waals surface area contributed by atoms with Crippen molar-refractivity contribution in [3.8, 4) is 0 Å². The van der Waals surface area contributed by atoms with E-state index in [1.54, 1.807) is 12.1 Å². The van der Waals surface area contributed by atoms with Crippen LogP contribution in [0, 0.1) is 0 Å². The highest BCUT2D eigenvalue weighted by Gasteiger charge is 2.02. The van der Waals surface area contributed by atoms with E-state index in [0.29, 0.717) is 12.1 Å². The average Bonchev–Trinajstić information content (AvgIpc) is 2.56. The summed E-state index contributed by atoms with van der Waals surface area (Å²) in [5.41, 5.74) is 6.75. The van der Waals surface area contributed by atoms with Crippen molar-refractivity contribution in [2.45, 2.75) is 33.2 Å². The molecule has 0 bridgehead atoms. The molecule has 1 amide bonds. The number of aliphatic imine (C=N–C) groups is 1. The van der Waals surface area contributed by atoms with Gasteiger partial charge in [0.25, 0.3) is 0 Å².